The van der Waals surface area contributed by atoms with Gasteiger partial charge in [0.1, 0.15) is 5.82 Å². The minimum atomic E-state index is -0.234. The second-order valence-electron chi connectivity index (χ2n) is 6.73. The van der Waals surface area contributed by atoms with E-state index in [1.54, 1.807) is 6.07 Å². The summed E-state index contributed by atoms with van der Waals surface area (Å²) in [5.41, 5.74) is 0.899. The number of likely N-dealkylation sites (tertiary alicyclic amines) is 1. The second kappa shape index (κ2) is 7.41. The molecule has 2 atom stereocenters. The van der Waals surface area contributed by atoms with Crippen molar-refractivity contribution in [2.75, 3.05) is 39.3 Å². The van der Waals surface area contributed by atoms with Gasteiger partial charge in [0.15, 0.2) is 0 Å². The Morgan fingerprint density at radius 1 is 1.35 bits per heavy atom. The Morgan fingerprint density at radius 2 is 2.13 bits per heavy atom. The van der Waals surface area contributed by atoms with Crippen molar-refractivity contribution in [3.8, 4) is 0 Å². The fourth-order valence-electron chi connectivity index (χ4n) is 3.64. The third-order valence-corrected chi connectivity index (χ3v) is 5.08. The van der Waals surface area contributed by atoms with Crippen molar-refractivity contribution in [1.82, 2.24) is 15.1 Å². The lowest BCUT2D eigenvalue weighted by Crippen LogP contribution is -2.49. The van der Waals surface area contributed by atoms with E-state index < -0.39 is 0 Å². The van der Waals surface area contributed by atoms with Gasteiger partial charge in [-0.05, 0) is 30.0 Å². The van der Waals surface area contributed by atoms with Gasteiger partial charge in [-0.25, -0.2) is 4.39 Å². The lowest BCUT2D eigenvalue weighted by atomic mass is 9.97. The van der Waals surface area contributed by atoms with Gasteiger partial charge in [-0.15, -0.1) is 0 Å². The van der Waals surface area contributed by atoms with Crippen LogP contribution < -0.4 is 5.32 Å². The van der Waals surface area contributed by atoms with Crippen LogP contribution >= 0.6 is 0 Å². The highest BCUT2D eigenvalue weighted by Gasteiger charge is 2.31. The fourth-order valence-corrected chi connectivity index (χ4v) is 3.64. The van der Waals surface area contributed by atoms with Crippen molar-refractivity contribution in [2.24, 2.45) is 0 Å². The zero-order valence-corrected chi connectivity index (χ0v) is 13.8. The number of rotatable bonds is 4. The van der Waals surface area contributed by atoms with Crippen LogP contribution in [-0.2, 0) is 4.79 Å². The number of benzene rings is 1. The number of carbonyl (C=O) groups is 1. The van der Waals surface area contributed by atoms with Gasteiger partial charge in [0, 0.05) is 51.7 Å². The van der Waals surface area contributed by atoms with Gasteiger partial charge in [0.05, 0.1) is 0 Å². The summed E-state index contributed by atoms with van der Waals surface area (Å²) in [5.74, 6) is 0.0116. The summed E-state index contributed by atoms with van der Waals surface area (Å²) in [4.78, 5) is 17.0. The molecule has 0 bridgehead atoms. The summed E-state index contributed by atoms with van der Waals surface area (Å²) in [6, 6.07) is 7.09. The number of nitrogens with one attached hydrogen (secondary N) is 1. The summed E-state index contributed by atoms with van der Waals surface area (Å²) in [5, 5.41) is 3.37. The maximum absolute atomic E-state index is 13.3. The van der Waals surface area contributed by atoms with Crippen LogP contribution in [0.15, 0.2) is 24.3 Å². The predicted molar refractivity (Wildman–Crippen MR) is 88.9 cm³/mol. The third kappa shape index (κ3) is 4.09. The summed E-state index contributed by atoms with van der Waals surface area (Å²) in [6.45, 7) is 7.93. The molecular formula is C18H26FN3O. The molecule has 4 nitrogen and oxygen atoms in total. The lowest BCUT2D eigenvalue weighted by molar-refractivity contribution is -0.130. The van der Waals surface area contributed by atoms with Crippen molar-refractivity contribution in [3.05, 3.63) is 35.6 Å². The average molecular weight is 319 g/mol. The van der Waals surface area contributed by atoms with Gasteiger partial charge >= 0.3 is 0 Å². The monoisotopic (exact) mass is 319 g/mol. The van der Waals surface area contributed by atoms with Crippen LogP contribution in [0.1, 0.15) is 31.2 Å². The molecule has 0 radical (unpaired) electrons. The minimum absolute atomic E-state index is 0.0523. The molecule has 2 aliphatic heterocycles. The van der Waals surface area contributed by atoms with E-state index in [1.807, 2.05) is 17.9 Å². The average Bonchev–Trinajstić information content (AvgIpc) is 3.06. The van der Waals surface area contributed by atoms with E-state index in [1.165, 1.54) is 12.1 Å². The molecule has 0 aromatic heterocycles. The maximum atomic E-state index is 13.3. The Hall–Kier alpha value is -1.46. The third-order valence-electron chi connectivity index (χ3n) is 5.08. The molecule has 2 fully saturated rings. The Kier molecular flexibility index (Phi) is 5.28. The summed E-state index contributed by atoms with van der Waals surface area (Å²) in [7, 11) is 0. The SMILES string of the molecule is CC(CC(=O)N1CCC(N2CCNCC2)C1)c1cccc(F)c1. The smallest absolute Gasteiger partial charge is 0.223 e. The quantitative estimate of drug-likeness (QED) is 0.920. The van der Waals surface area contributed by atoms with Crippen molar-refractivity contribution < 1.29 is 9.18 Å². The first-order valence-corrected chi connectivity index (χ1v) is 8.61. The normalized spacial score (nSPS) is 23.9. The molecule has 0 aliphatic carbocycles. The lowest BCUT2D eigenvalue weighted by Gasteiger charge is -2.32. The van der Waals surface area contributed by atoms with E-state index in [0.717, 1.165) is 51.3 Å². The molecule has 126 valence electrons. The molecule has 0 saturated carbocycles. The number of hydrogen-bond acceptors (Lipinski definition) is 3. The van der Waals surface area contributed by atoms with Crippen LogP contribution in [-0.4, -0.2) is 61.0 Å². The van der Waals surface area contributed by atoms with Crippen LogP contribution in [0.3, 0.4) is 0 Å². The van der Waals surface area contributed by atoms with Crippen molar-refractivity contribution in [3.63, 3.8) is 0 Å². The Bertz CT molecular complexity index is 545. The van der Waals surface area contributed by atoms with Crippen LogP contribution in [0.2, 0.25) is 0 Å². The fraction of sp³-hybridized carbons (Fsp3) is 0.611. The summed E-state index contributed by atoms with van der Waals surface area (Å²) < 4.78 is 13.3. The van der Waals surface area contributed by atoms with E-state index in [4.69, 9.17) is 0 Å². The molecule has 2 saturated heterocycles. The van der Waals surface area contributed by atoms with Gasteiger partial charge in [-0.2, -0.15) is 0 Å². The molecule has 1 amide bonds. The molecule has 1 N–H and O–H groups in total. The minimum Gasteiger partial charge on any atom is -0.341 e. The van der Waals surface area contributed by atoms with E-state index in [0.29, 0.717) is 12.5 Å². The van der Waals surface area contributed by atoms with Crippen molar-refractivity contribution in [2.45, 2.75) is 31.7 Å². The highest BCUT2D eigenvalue weighted by molar-refractivity contribution is 5.77. The number of nitrogens with zero attached hydrogens (tertiary/aromatic N) is 2. The first kappa shape index (κ1) is 16.4. The molecule has 2 unspecified atom stereocenters. The maximum Gasteiger partial charge on any atom is 0.223 e. The topological polar surface area (TPSA) is 35.6 Å². The molecule has 5 heteroatoms. The van der Waals surface area contributed by atoms with E-state index in [2.05, 4.69) is 10.2 Å². The van der Waals surface area contributed by atoms with Gasteiger partial charge in [-0.1, -0.05) is 19.1 Å². The number of amides is 1. The molecule has 0 spiro atoms. The van der Waals surface area contributed by atoms with Gasteiger partial charge in [0.25, 0.3) is 0 Å². The highest BCUT2D eigenvalue weighted by Crippen LogP contribution is 2.23. The molecule has 1 aromatic carbocycles. The predicted octanol–water partition coefficient (Wildman–Crippen LogP) is 1.83. The van der Waals surface area contributed by atoms with Crippen LogP contribution in [0, 0.1) is 5.82 Å². The van der Waals surface area contributed by atoms with Gasteiger partial charge in [-0.3, -0.25) is 9.69 Å². The molecule has 3 rings (SSSR count). The van der Waals surface area contributed by atoms with Crippen LogP contribution in [0.4, 0.5) is 4.39 Å². The zero-order valence-electron chi connectivity index (χ0n) is 13.8. The second-order valence-corrected chi connectivity index (χ2v) is 6.73. The largest absolute Gasteiger partial charge is 0.341 e. The van der Waals surface area contributed by atoms with E-state index in [9.17, 15) is 9.18 Å². The zero-order chi connectivity index (χ0) is 16.2. The number of halogens is 1. The number of piperazine rings is 1. The molecule has 2 heterocycles. The first-order valence-electron chi connectivity index (χ1n) is 8.61. The standard InChI is InChI=1S/C18H26FN3O/c1-14(15-3-2-4-16(19)12-15)11-18(23)22-8-5-17(13-22)21-9-6-20-7-10-21/h2-4,12,14,17,20H,5-11,13H2,1H3. The van der Waals surface area contributed by atoms with Crippen LogP contribution in [0.25, 0.3) is 0 Å². The van der Waals surface area contributed by atoms with Crippen LogP contribution in [0.5, 0.6) is 0 Å². The highest BCUT2D eigenvalue weighted by atomic mass is 19.1. The van der Waals surface area contributed by atoms with Gasteiger partial charge < -0.3 is 10.2 Å². The molecular weight excluding hydrogens is 293 g/mol. The van der Waals surface area contributed by atoms with Crippen molar-refractivity contribution in [1.29, 1.82) is 0 Å². The molecule has 23 heavy (non-hydrogen) atoms. The number of hydrogen-bond donors (Lipinski definition) is 1. The first-order chi connectivity index (χ1) is 11.1. The molecule has 1 aromatic rings. The summed E-state index contributed by atoms with van der Waals surface area (Å²) in [6.07, 6.45) is 1.53. The summed E-state index contributed by atoms with van der Waals surface area (Å²) >= 11 is 0. The van der Waals surface area contributed by atoms with Gasteiger partial charge in [0.2, 0.25) is 5.91 Å². The number of carbonyl (C=O) groups excluding carboxylic acids is 1. The van der Waals surface area contributed by atoms with E-state index >= 15 is 0 Å². The Labute approximate surface area is 137 Å². The Morgan fingerprint density at radius 3 is 2.87 bits per heavy atom. The Balaban J connectivity index is 1.52. The molecule has 2 aliphatic rings. The van der Waals surface area contributed by atoms with Crippen molar-refractivity contribution >= 4 is 5.91 Å². The van der Waals surface area contributed by atoms with E-state index in [-0.39, 0.29) is 17.6 Å².